The first-order valence-corrected chi connectivity index (χ1v) is 11.1. The Morgan fingerprint density at radius 2 is 1.69 bits per heavy atom. The molecule has 8 nitrogen and oxygen atoms in total. The van der Waals surface area contributed by atoms with Gasteiger partial charge in [-0.3, -0.25) is 19.3 Å². The van der Waals surface area contributed by atoms with Crippen LogP contribution in [0.3, 0.4) is 0 Å². The first-order chi connectivity index (χ1) is 13.9. The third-order valence-electron chi connectivity index (χ3n) is 5.28. The Morgan fingerprint density at radius 3 is 2.28 bits per heavy atom. The highest BCUT2D eigenvalue weighted by molar-refractivity contribution is 7.91. The molecule has 9 heteroatoms. The number of likely N-dealkylation sites (tertiary alicyclic amines) is 1. The van der Waals surface area contributed by atoms with Crippen LogP contribution in [0.5, 0.6) is 0 Å². The van der Waals surface area contributed by atoms with Crippen molar-refractivity contribution in [2.45, 2.75) is 23.8 Å². The topological polar surface area (TPSA) is 105 Å². The third kappa shape index (κ3) is 3.69. The lowest BCUT2D eigenvalue weighted by molar-refractivity contribution is -0.134. The van der Waals surface area contributed by atoms with E-state index in [1.807, 2.05) is 0 Å². The Balaban J connectivity index is 1.24. The number of carbonyl (C=O) groups excluding carboxylic acids is 3. The molecule has 0 bridgehead atoms. The zero-order valence-electron chi connectivity index (χ0n) is 15.6. The molecule has 152 valence electrons. The summed E-state index contributed by atoms with van der Waals surface area (Å²) in [5, 5.41) is -0.590. The van der Waals surface area contributed by atoms with Crippen LogP contribution in [0, 0.1) is 0 Å². The normalized spacial score (nSPS) is 16.8. The van der Waals surface area contributed by atoms with E-state index in [1.165, 1.54) is 11.2 Å². The van der Waals surface area contributed by atoms with E-state index in [9.17, 15) is 22.8 Å². The highest BCUT2D eigenvalue weighted by Gasteiger charge is 2.40. The molecule has 0 saturated carbocycles. The monoisotopic (exact) mass is 416 g/mol. The number of furan rings is 1. The molecule has 3 heterocycles. The van der Waals surface area contributed by atoms with Crippen molar-refractivity contribution in [3.8, 4) is 0 Å². The Labute approximate surface area is 168 Å². The molecule has 0 aliphatic carbocycles. The van der Waals surface area contributed by atoms with E-state index >= 15 is 0 Å². The Hall–Kier alpha value is -2.94. The molecule has 1 saturated heterocycles. The number of hydrogen-bond acceptors (Lipinski definition) is 6. The van der Waals surface area contributed by atoms with Crippen molar-refractivity contribution in [2.75, 3.05) is 19.6 Å². The number of imide groups is 1. The Morgan fingerprint density at radius 1 is 1.03 bits per heavy atom. The van der Waals surface area contributed by atoms with E-state index in [0.717, 1.165) is 4.90 Å². The van der Waals surface area contributed by atoms with E-state index in [4.69, 9.17) is 4.42 Å². The third-order valence-corrected chi connectivity index (χ3v) is 7.28. The summed E-state index contributed by atoms with van der Waals surface area (Å²) in [6.07, 6.45) is 1.92. The number of fused-ring (bicyclic) bond motifs is 1. The van der Waals surface area contributed by atoms with Crippen LogP contribution in [0.1, 0.15) is 39.3 Å². The smallest absolute Gasteiger partial charge is 0.261 e. The maximum atomic E-state index is 12.3. The highest BCUT2D eigenvalue weighted by atomic mass is 32.2. The lowest BCUT2D eigenvalue weighted by atomic mass is 10.1. The predicted octanol–water partition coefficient (Wildman–Crippen LogP) is 1.48. The second kappa shape index (κ2) is 7.47. The van der Waals surface area contributed by atoms with E-state index in [2.05, 4.69) is 0 Å². The van der Waals surface area contributed by atoms with Gasteiger partial charge < -0.3 is 9.32 Å². The number of nitrogens with zero attached hydrogens (tertiary/aromatic N) is 2. The van der Waals surface area contributed by atoms with Crippen molar-refractivity contribution in [3.05, 3.63) is 59.5 Å². The standard InChI is InChI=1S/C20H20N2O6S/c23-18(21-11-15(12-21)29(26,27)13-14-5-4-10-28-14)8-3-9-22-19(24)16-6-1-2-7-17(16)20(22)25/h1-2,4-7,10,15H,3,8-9,11-13H2. The molecule has 0 unspecified atom stereocenters. The van der Waals surface area contributed by atoms with Gasteiger partial charge in [0, 0.05) is 26.1 Å². The van der Waals surface area contributed by atoms with Crippen molar-refractivity contribution in [2.24, 2.45) is 0 Å². The first kappa shape index (κ1) is 19.4. The minimum Gasteiger partial charge on any atom is -0.468 e. The van der Waals surface area contributed by atoms with E-state index in [-0.39, 0.29) is 49.5 Å². The molecule has 1 aromatic heterocycles. The number of carbonyl (C=O) groups is 3. The summed E-state index contributed by atoms with van der Waals surface area (Å²) in [6, 6.07) is 9.89. The van der Waals surface area contributed by atoms with E-state index < -0.39 is 15.1 Å². The van der Waals surface area contributed by atoms with Gasteiger partial charge in [-0.25, -0.2) is 8.42 Å². The van der Waals surface area contributed by atoms with Crippen molar-refractivity contribution < 1.29 is 27.2 Å². The van der Waals surface area contributed by atoms with Crippen LogP contribution < -0.4 is 0 Å². The van der Waals surface area contributed by atoms with Crippen molar-refractivity contribution in [1.82, 2.24) is 9.80 Å². The van der Waals surface area contributed by atoms with Gasteiger partial charge in [0.25, 0.3) is 11.8 Å². The Kier molecular flexibility index (Phi) is 4.99. The SMILES string of the molecule is O=C(CCCN1C(=O)c2ccccc2C1=O)N1CC(S(=O)(=O)Cc2ccco2)C1. The molecule has 4 rings (SSSR count). The maximum absolute atomic E-state index is 12.3. The molecule has 0 N–H and O–H groups in total. The highest BCUT2D eigenvalue weighted by Crippen LogP contribution is 2.24. The molecule has 2 aliphatic rings. The average Bonchev–Trinajstić information content (AvgIpc) is 3.22. The van der Waals surface area contributed by atoms with Gasteiger partial charge in [-0.2, -0.15) is 0 Å². The number of rotatable bonds is 7. The van der Waals surface area contributed by atoms with Crippen molar-refractivity contribution in [3.63, 3.8) is 0 Å². The molecule has 2 aliphatic heterocycles. The molecule has 0 radical (unpaired) electrons. The summed E-state index contributed by atoms with van der Waals surface area (Å²) >= 11 is 0. The molecular weight excluding hydrogens is 396 g/mol. The van der Waals surface area contributed by atoms with Crippen LogP contribution in [0.2, 0.25) is 0 Å². The van der Waals surface area contributed by atoms with Gasteiger partial charge in [-0.15, -0.1) is 0 Å². The van der Waals surface area contributed by atoms with E-state index in [0.29, 0.717) is 23.3 Å². The van der Waals surface area contributed by atoms with Gasteiger partial charge in [0.2, 0.25) is 5.91 Å². The Bertz CT molecular complexity index is 1020. The van der Waals surface area contributed by atoms with Gasteiger partial charge in [0.15, 0.2) is 9.84 Å². The predicted molar refractivity (Wildman–Crippen MR) is 103 cm³/mol. The van der Waals surface area contributed by atoms with Gasteiger partial charge in [-0.1, -0.05) is 12.1 Å². The number of benzene rings is 1. The first-order valence-electron chi connectivity index (χ1n) is 9.34. The van der Waals surface area contributed by atoms with Crippen LogP contribution in [-0.4, -0.2) is 60.8 Å². The van der Waals surface area contributed by atoms with Gasteiger partial charge in [-0.05, 0) is 30.7 Å². The maximum Gasteiger partial charge on any atom is 0.261 e. The fourth-order valence-corrected chi connectivity index (χ4v) is 5.18. The minimum absolute atomic E-state index is 0.151. The molecule has 3 amide bonds. The van der Waals surface area contributed by atoms with Crippen molar-refractivity contribution in [1.29, 1.82) is 0 Å². The fraction of sp³-hybridized carbons (Fsp3) is 0.350. The van der Waals surface area contributed by atoms with E-state index in [1.54, 1.807) is 36.4 Å². The summed E-state index contributed by atoms with van der Waals surface area (Å²) in [4.78, 5) is 39.6. The molecular formula is C20H20N2O6S. The van der Waals surface area contributed by atoms with Gasteiger partial charge in [0.05, 0.1) is 22.6 Å². The molecule has 0 spiro atoms. The second-order valence-corrected chi connectivity index (χ2v) is 9.50. The number of sulfone groups is 1. The summed E-state index contributed by atoms with van der Waals surface area (Å²) in [6.45, 7) is 0.482. The van der Waals surface area contributed by atoms with Crippen LogP contribution in [0.15, 0.2) is 47.1 Å². The minimum atomic E-state index is -3.38. The summed E-state index contributed by atoms with van der Waals surface area (Å²) in [5.41, 5.74) is 0.771. The average molecular weight is 416 g/mol. The zero-order valence-corrected chi connectivity index (χ0v) is 16.4. The summed E-state index contributed by atoms with van der Waals surface area (Å²) < 4.78 is 29.8. The van der Waals surface area contributed by atoms with Crippen LogP contribution in [0.4, 0.5) is 0 Å². The summed E-state index contributed by atoms with van der Waals surface area (Å²) in [5.74, 6) is -0.647. The molecule has 0 atom stereocenters. The number of amides is 3. The van der Waals surface area contributed by atoms with Gasteiger partial charge in [0.1, 0.15) is 11.5 Å². The largest absolute Gasteiger partial charge is 0.468 e. The molecule has 1 aromatic carbocycles. The number of hydrogen-bond donors (Lipinski definition) is 0. The lowest BCUT2D eigenvalue weighted by Crippen LogP contribution is -2.57. The van der Waals surface area contributed by atoms with Crippen LogP contribution >= 0.6 is 0 Å². The fourth-order valence-electron chi connectivity index (χ4n) is 3.57. The van der Waals surface area contributed by atoms with Crippen LogP contribution in [0.25, 0.3) is 0 Å². The zero-order chi connectivity index (χ0) is 20.6. The summed E-state index contributed by atoms with van der Waals surface area (Å²) in [7, 11) is -3.38. The van der Waals surface area contributed by atoms with Crippen LogP contribution in [-0.2, 0) is 20.4 Å². The molecule has 29 heavy (non-hydrogen) atoms. The molecule has 2 aromatic rings. The van der Waals surface area contributed by atoms with Crippen molar-refractivity contribution >= 4 is 27.6 Å². The molecule has 1 fully saturated rings. The second-order valence-electron chi connectivity index (χ2n) is 7.22. The van der Waals surface area contributed by atoms with Gasteiger partial charge >= 0.3 is 0 Å². The lowest BCUT2D eigenvalue weighted by Gasteiger charge is -2.38. The quantitative estimate of drug-likeness (QED) is 0.633.